The number of hydrogen-bond donors (Lipinski definition) is 0. The highest BCUT2D eigenvalue weighted by Crippen LogP contribution is 2.21. The Labute approximate surface area is 172 Å². The fraction of sp³-hybridized carbons (Fsp3) is 0.240. The SMILES string of the molecule is O=C(Oc1ccccc1CCc1ccccc1)C1COCCO1.c1ccccc1. The third-order valence-corrected chi connectivity index (χ3v) is 4.45. The number of benzene rings is 3. The van der Waals surface area contributed by atoms with Gasteiger partial charge in [-0.3, -0.25) is 0 Å². The Morgan fingerprint density at radius 1 is 0.793 bits per heavy atom. The monoisotopic (exact) mass is 390 g/mol. The molecule has 0 radical (unpaired) electrons. The van der Waals surface area contributed by atoms with Crippen LogP contribution >= 0.6 is 0 Å². The van der Waals surface area contributed by atoms with Crippen LogP contribution in [-0.4, -0.2) is 31.9 Å². The van der Waals surface area contributed by atoms with Crippen LogP contribution in [0.25, 0.3) is 0 Å². The molecule has 0 spiro atoms. The van der Waals surface area contributed by atoms with E-state index in [9.17, 15) is 4.79 Å². The first-order valence-corrected chi connectivity index (χ1v) is 9.86. The third kappa shape index (κ3) is 7.18. The molecule has 150 valence electrons. The lowest BCUT2D eigenvalue weighted by Gasteiger charge is -2.21. The van der Waals surface area contributed by atoms with Crippen LogP contribution in [0.15, 0.2) is 91.0 Å². The van der Waals surface area contributed by atoms with Crippen molar-refractivity contribution in [3.05, 3.63) is 102 Å². The number of rotatable bonds is 5. The van der Waals surface area contributed by atoms with Gasteiger partial charge in [0.2, 0.25) is 0 Å². The molecule has 4 heteroatoms. The predicted octanol–water partition coefficient (Wildman–Crippen LogP) is 4.48. The van der Waals surface area contributed by atoms with Crippen molar-refractivity contribution in [3.8, 4) is 5.75 Å². The summed E-state index contributed by atoms with van der Waals surface area (Å²) in [5.41, 5.74) is 2.28. The van der Waals surface area contributed by atoms with Gasteiger partial charge in [-0.2, -0.15) is 0 Å². The molecule has 1 fully saturated rings. The van der Waals surface area contributed by atoms with Crippen LogP contribution < -0.4 is 4.74 Å². The highest BCUT2D eigenvalue weighted by atomic mass is 16.6. The van der Waals surface area contributed by atoms with Gasteiger partial charge in [0.25, 0.3) is 0 Å². The fourth-order valence-electron chi connectivity index (χ4n) is 2.92. The molecule has 4 nitrogen and oxygen atoms in total. The van der Waals surface area contributed by atoms with E-state index in [1.165, 1.54) is 5.56 Å². The summed E-state index contributed by atoms with van der Waals surface area (Å²) in [6.07, 6.45) is 1.08. The molecule has 1 saturated heterocycles. The second kappa shape index (κ2) is 11.8. The molecule has 0 N–H and O–H groups in total. The van der Waals surface area contributed by atoms with E-state index < -0.39 is 12.1 Å². The zero-order valence-corrected chi connectivity index (χ0v) is 16.4. The topological polar surface area (TPSA) is 44.8 Å². The average molecular weight is 390 g/mol. The molecule has 0 amide bonds. The molecule has 0 saturated carbocycles. The number of carbonyl (C=O) groups is 1. The van der Waals surface area contributed by atoms with E-state index in [0.717, 1.165) is 18.4 Å². The van der Waals surface area contributed by atoms with Crippen molar-refractivity contribution in [1.29, 1.82) is 0 Å². The van der Waals surface area contributed by atoms with E-state index in [1.54, 1.807) is 0 Å². The smallest absolute Gasteiger partial charge is 0.343 e. The Bertz CT molecular complexity index is 816. The summed E-state index contributed by atoms with van der Waals surface area (Å²) in [5, 5.41) is 0. The van der Waals surface area contributed by atoms with Crippen LogP contribution in [0, 0.1) is 0 Å². The Hall–Kier alpha value is -2.95. The van der Waals surface area contributed by atoms with Gasteiger partial charge in [0, 0.05) is 0 Å². The van der Waals surface area contributed by atoms with Crippen LogP contribution in [-0.2, 0) is 27.1 Å². The zero-order chi connectivity index (χ0) is 20.2. The minimum atomic E-state index is -0.633. The van der Waals surface area contributed by atoms with Crippen LogP contribution in [0.1, 0.15) is 11.1 Å². The number of ether oxygens (including phenoxy) is 3. The van der Waals surface area contributed by atoms with Crippen molar-refractivity contribution < 1.29 is 19.0 Å². The highest BCUT2D eigenvalue weighted by Gasteiger charge is 2.25. The van der Waals surface area contributed by atoms with Gasteiger partial charge in [0.1, 0.15) is 5.75 Å². The molecule has 1 aliphatic heterocycles. The van der Waals surface area contributed by atoms with Gasteiger partial charge in [-0.25, -0.2) is 4.79 Å². The zero-order valence-electron chi connectivity index (χ0n) is 16.4. The lowest BCUT2D eigenvalue weighted by atomic mass is 10.0. The van der Waals surface area contributed by atoms with Gasteiger partial charge in [-0.15, -0.1) is 0 Å². The Morgan fingerprint density at radius 2 is 1.41 bits per heavy atom. The molecule has 3 aromatic carbocycles. The van der Waals surface area contributed by atoms with Gasteiger partial charge < -0.3 is 14.2 Å². The van der Waals surface area contributed by atoms with E-state index in [4.69, 9.17) is 14.2 Å². The van der Waals surface area contributed by atoms with Crippen molar-refractivity contribution in [2.75, 3.05) is 19.8 Å². The molecule has 29 heavy (non-hydrogen) atoms. The molecule has 1 atom stereocenters. The van der Waals surface area contributed by atoms with Gasteiger partial charge in [-0.05, 0) is 30.0 Å². The molecular weight excluding hydrogens is 364 g/mol. The van der Waals surface area contributed by atoms with Crippen molar-refractivity contribution in [2.45, 2.75) is 18.9 Å². The molecule has 3 aromatic rings. The molecule has 1 heterocycles. The summed E-state index contributed by atoms with van der Waals surface area (Å²) in [6.45, 7) is 1.21. The van der Waals surface area contributed by atoms with Crippen molar-refractivity contribution in [1.82, 2.24) is 0 Å². The average Bonchev–Trinajstić information content (AvgIpc) is 2.81. The summed E-state index contributed by atoms with van der Waals surface area (Å²) < 4.78 is 16.2. The van der Waals surface area contributed by atoms with Gasteiger partial charge in [0.15, 0.2) is 6.10 Å². The summed E-state index contributed by atoms with van der Waals surface area (Å²) in [4.78, 5) is 12.2. The Balaban J connectivity index is 0.000000343. The van der Waals surface area contributed by atoms with E-state index in [2.05, 4.69) is 12.1 Å². The summed E-state index contributed by atoms with van der Waals surface area (Å²) >= 11 is 0. The Morgan fingerprint density at radius 3 is 2.07 bits per heavy atom. The molecule has 4 rings (SSSR count). The lowest BCUT2D eigenvalue weighted by molar-refractivity contribution is -0.161. The standard InChI is InChI=1S/C19H20O4.C6H6/c20-19(18-14-21-12-13-22-18)23-17-9-5-4-8-16(17)11-10-15-6-2-1-3-7-15;1-2-4-6-5-3-1/h1-9,18H,10-14H2;1-6H. The van der Waals surface area contributed by atoms with Crippen molar-refractivity contribution >= 4 is 5.97 Å². The van der Waals surface area contributed by atoms with Crippen LogP contribution in [0.5, 0.6) is 5.75 Å². The number of para-hydroxylation sites is 1. The van der Waals surface area contributed by atoms with Gasteiger partial charge >= 0.3 is 5.97 Å². The minimum absolute atomic E-state index is 0.255. The van der Waals surface area contributed by atoms with E-state index in [-0.39, 0.29) is 6.61 Å². The van der Waals surface area contributed by atoms with E-state index in [0.29, 0.717) is 19.0 Å². The minimum Gasteiger partial charge on any atom is -0.424 e. The predicted molar refractivity (Wildman–Crippen MR) is 113 cm³/mol. The first kappa shape index (κ1) is 20.8. The lowest BCUT2D eigenvalue weighted by Crippen LogP contribution is -2.38. The van der Waals surface area contributed by atoms with Crippen LogP contribution in [0.3, 0.4) is 0 Å². The van der Waals surface area contributed by atoms with E-state index >= 15 is 0 Å². The highest BCUT2D eigenvalue weighted by molar-refractivity contribution is 5.77. The number of esters is 1. The maximum Gasteiger partial charge on any atom is 0.343 e. The maximum absolute atomic E-state index is 12.2. The second-order valence-corrected chi connectivity index (χ2v) is 6.60. The summed E-state index contributed by atoms with van der Waals surface area (Å²) in [6, 6.07) is 29.9. The summed E-state index contributed by atoms with van der Waals surface area (Å²) in [7, 11) is 0. The van der Waals surface area contributed by atoms with Gasteiger partial charge in [0.05, 0.1) is 19.8 Å². The van der Waals surface area contributed by atoms with E-state index in [1.807, 2.05) is 78.9 Å². The molecule has 1 unspecified atom stereocenters. The van der Waals surface area contributed by atoms with Crippen molar-refractivity contribution in [3.63, 3.8) is 0 Å². The first-order chi connectivity index (χ1) is 14.3. The molecule has 1 aliphatic rings. The normalized spacial score (nSPS) is 15.7. The number of hydrogen-bond acceptors (Lipinski definition) is 4. The number of aryl methyl sites for hydroxylation is 2. The van der Waals surface area contributed by atoms with Crippen LogP contribution in [0.2, 0.25) is 0 Å². The quantitative estimate of drug-likeness (QED) is 0.476. The first-order valence-electron chi connectivity index (χ1n) is 9.86. The molecule has 0 aliphatic carbocycles. The second-order valence-electron chi connectivity index (χ2n) is 6.60. The number of carbonyl (C=O) groups excluding carboxylic acids is 1. The Kier molecular flexibility index (Phi) is 8.45. The largest absolute Gasteiger partial charge is 0.424 e. The molecule has 0 bridgehead atoms. The fourth-order valence-corrected chi connectivity index (χ4v) is 2.92. The maximum atomic E-state index is 12.2. The van der Waals surface area contributed by atoms with Gasteiger partial charge in [-0.1, -0.05) is 84.9 Å². The van der Waals surface area contributed by atoms with Crippen LogP contribution in [0.4, 0.5) is 0 Å². The summed E-state index contributed by atoms with van der Waals surface area (Å²) in [5.74, 6) is 0.208. The molecular formula is C25H26O4. The molecule has 0 aromatic heterocycles. The third-order valence-electron chi connectivity index (χ3n) is 4.45. The van der Waals surface area contributed by atoms with Crippen molar-refractivity contribution in [2.24, 2.45) is 0 Å².